The second-order valence-electron chi connectivity index (χ2n) is 3.48. The zero-order valence-electron chi connectivity index (χ0n) is 7.79. The third kappa shape index (κ3) is 2.55. The molecule has 0 bridgehead atoms. The summed E-state index contributed by atoms with van der Waals surface area (Å²) in [7, 11) is 0. The van der Waals surface area contributed by atoms with Crippen molar-refractivity contribution in [1.29, 1.82) is 0 Å². The SMILES string of the molecule is CC(C)(CN)Nc1ncc[nH]c1=O. The van der Waals surface area contributed by atoms with Crippen LogP contribution in [0.15, 0.2) is 17.2 Å². The van der Waals surface area contributed by atoms with Crippen LogP contribution < -0.4 is 16.6 Å². The van der Waals surface area contributed by atoms with Crippen molar-refractivity contribution in [2.75, 3.05) is 11.9 Å². The molecule has 0 radical (unpaired) electrons. The monoisotopic (exact) mass is 182 g/mol. The second kappa shape index (κ2) is 3.57. The summed E-state index contributed by atoms with van der Waals surface area (Å²) in [4.78, 5) is 17.6. The van der Waals surface area contributed by atoms with Gasteiger partial charge in [-0.15, -0.1) is 0 Å². The average Bonchev–Trinajstić information content (AvgIpc) is 2.09. The first kappa shape index (κ1) is 9.73. The molecule has 1 rings (SSSR count). The largest absolute Gasteiger partial charge is 0.359 e. The molecule has 0 saturated heterocycles. The van der Waals surface area contributed by atoms with E-state index in [-0.39, 0.29) is 11.1 Å². The van der Waals surface area contributed by atoms with E-state index in [1.165, 1.54) is 12.4 Å². The van der Waals surface area contributed by atoms with Crippen molar-refractivity contribution < 1.29 is 0 Å². The highest BCUT2D eigenvalue weighted by atomic mass is 16.1. The molecule has 0 fully saturated rings. The van der Waals surface area contributed by atoms with Gasteiger partial charge in [0.2, 0.25) is 0 Å². The molecule has 0 spiro atoms. The maximum atomic E-state index is 11.2. The van der Waals surface area contributed by atoms with Crippen molar-refractivity contribution in [1.82, 2.24) is 9.97 Å². The van der Waals surface area contributed by atoms with Crippen LogP contribution in [0.25, 0.3) is 0 Å². The van der Waals surface area contributed by atoms with E-state index in [1.807, 2.05) is 13.8 Å². The Morgan fingerprint density at radius 3 is 2.92 bits per heavy atom. The van der Waals surface area contributed by atoms with Gasteiger partial charge in [0.05, 0.1) is 0 Å². The molecular weight excluding hydrogens is 168 g/mol. The summed E-state index contributed by atoms with van der Waals surface area (Å²) in [5.74, 6) is 0.304. The van der Waals surface area contributed by atoms with Crippen LogP contribution in [0, 0.1) is 0 Å². The third-order valence-electron chi connectivity index (χ3n) is 1.67. The van der Waals surface area contributed by atoms with Gasteiger partial charge in [-0.3, -0.25) is 4.79 Å². The van der Waals surface area contributed by atoms with Crippen LogP contribution in [0.1, 0.15) is 13.8 Å². The molecule has 0 aliphatic rings. The van der Waals surface area contributed by atoms with Crippen LogP contribution in [0.4, 0.5) is 5.82 Å². The van der Waals surface area contributed by atoms with Crippen LogP contribution in [0.2, 0.25) is 0 Å². The van der Waals surface area contributed by atoms with Crippen molar-refractivity contribution in [3.8, 4) is 0 Å². The predicted molar refractivity (Wildman–Crippen MR) is 51.6 cm³/mol. The van der Waals surface area contributed by atoms with Gasteiger partial charge in [-0.25, -0.2) is 4.98 Å². The van der Waals surface area contributed by atoms with E-state index in [9.17, 15) is 4.79 Å². The van der Waals surface area contributed by atoms with Crippen LogP contribution in [-0.4, -0.2) is 22.1 Å². The van der Waals surface area contributed by atoms with Crippen molar-refractivity contribution >= 4 is 5.82 Å². The molecule has 1 aromatic heterocycles. The molecule has 72 valence electrons. The Bertz CT molecular complexity index is 331. The Hall–Kier alpha value is -1.36. The maximum Gasteiger partial charge on any atom is 0.290 e. The van der Waals surface area contributed by atoms with Gasteiger partial charge in [-0.1, -0.05) is 0 Å². The number of rotatable bonds is 3. The minimum absolute atomic E-state index is 0.232. The van der Waals surface area contributed by atoms with Crippen molar-refractivity contribution in [3.63, 3.8) is 0 Å². The van der Waals surface area contributed by atoms with Crippen LogP contribution in [0.3, 0.4) is 0 Å². The smallest absolute Gasteiger partial charge is 0.290 e. The fourth-order valence-electron chi connectivity index (χ4n) is 0.812. The molecule has 0 aliphatic carbocycles. The van der Waals surface area contributed by atoms with Gasteiger partial charge in [0.1, 0.15) is 0 Å². The quantitative estimate of drug-likeness (QED) is 0.610. The predicted octanol–water partition coefficient (Wildman–Crippen LogP) is -0.0809. The molecule has 0 aliphatic heterocycles. The van der Waals surface area contributed by atoms with Crippen molar-refractivity contribution in [3.05, 3.63) is 22.7 Å². The number of hydrogen-bond donors (Lipinski definition) is 3. The second-order valence-corrected chi connectivity index (χ2v) is 3.48. The highest BCUT2D eigenvalue weighted by molar-refractivity contribution is 5.33. The maximum absolute atomic E-state index is 11.2. The Morgan fingerprint density at radius 2 is 2.38 bits per heavy atom. The fraction of sp³-hybridized carbons (Fsp3) is 0.500. The molecule has 5 nitrogen and oxygen atoms in total. The topological polar surface area (TPSA) is 83.8 Å². The normalized spacial score (nSPS) is 11.3. The van der Waals surface area contributed by atoms with Gasteiger partial charge in [-0.2, -0.15) is 0 Å². The van der Waals surface area contributed by atoms with E-state index >= 15 is 0 Å². The first-order valence-corrected chi connectivity index (χ1v) is 4.07. The van der Waals surface area contributed by atoms with Crippen LogP contribution in [0.5, 0.6) is 0 Å². The summed E-state index contributed by atoms with van der Waals surface area (Å²) in [6.45, 7) is 4.24. The third-order valence-corrected chi connectivity index (χ3v) is 1.67. The summed E-state index contributed by atoms with van der Waals surface area (Å²) in [5.41, 5.74) is 4.95. The summed E-state index contributed by atoms with van der Waals surface area (Å²) >= 11 is 0. The Kier molecular flexibility index (Phi) is 2.67. The number of nitrogens with one attached hydrogen (secondary N) is 2. The highest BCUT2D eigenvalue weighted by Gasteiger charge is 2.16. The molecule has 0 saturated carbocycles. The first-order chi connectivity index (χ1) is 6.05. The molecule has 4 N–H and O–H groups in total. The number of nitrogens with zero attached hydrogens (tertiary/aromatic N) is 1. The average molecular weight is 182 g/mol. The van der Waals surface area contributed by atoms with E-state index < -0.39 is 0 Å². The van der Waals surface area contributed by atoms with Gasteiger partial charge in [0, 0.05) is 24.5 Å². The summed E-state index contributed by atoms with van der Waals surface area (Å²) in [5, 5.41) is 2.96. The van der Waals surface area contributed by atoms with Gasteiger partial charge in [0.25, 0.3) is 5.56 Å². The number of hydrogen-bond acceptors (Lipinski definition) is 4. The molecule has 0 amide bonds. The zero-order valence-corrected chi connectivity index (χ0v) is 7.79. The summed E-state index contributed by atoms with van der Waals surface area (Å²) in [6.07, 6.45) is 3.01. The minimum atomic E-state index is -0.318. The zero-order chi connectivity index (χ0) is 9.90. The van der Waals surface area contributed by atoms with E-state index in [2.05, 4.69) is 15.3 Å². The molecular formula is C8H14N4O. The molecule has 5 heteroatoms. The number of anilines is 1. The number of H-pyrrole nitrogens is 1. The lowest BCUT2D eigenvalue weighted by Gasteiger charge is -2.23. The fourth-order valence-corrected chi connectivity index (χ4v) is 0.812. The van der Waals surface area contributed by atoms with Gasteiger partial charge >= 0.3 is 0 Å². The van der Waals surface area contributed by atoms with Gasteiger partial charge in [0.15, 0.2) is 5.82 Å². The van der Waals surface area contributed by atoms with Crippen molar-refractivity contribution in [2.45, 2.75) is 19.4 Å². The van der Waals surface area contributed by atoms with E-state index in [4.69, 9.17) is 5.73 Å². The van der Waals surface area contributed by atoms with Crippen LogP contribution >= 0.6 is 0 Å². The highest BCUT2D eigenvalue weighted by Crippen LogP contribution is 2.05. The molecule has 1 heterocycles. The first-order valence-electron chi connectivity index (χ1n) is 4.07. The lowest BCUT2D eigenvalue weighted by atomic mass is 10.1. The van der Waals surface area contributed by atoms with Crippen LogP contribution in [-0.2, 0) is 0 Å². The molecule has 0 atom stereocenters. The van der Waals surface area contributed by atoms with E-state index in [1.54, 1.807) is 0 Å². The Labute approximate surface area is 76.4 Å². The lowest BCUT2D eigenvalue weighted by molar-refractivity contribution is 0.576. The molecule has 13 heavy (non-hydrogen) atoms. The number of aromatic nitrogens is 2. The van der Waals surface area contributed by atoms with E-state index in [0.717, 1.165) is 0 Å². The standard InChI is InChI=1S/C8H14N4O/c1-8(2,5-9)12-6-7(13)11-4-3-10-6/h3-4H,5,9H2,1-2H3,(H,10,12)(H,11,13). The molecule has 0 unspecified atom stereocenters. The minimum Gasteiger partial charge on any atom is -0.359 e. The molecule has 1 aromatic rings. The Balaban J connectivity index is 2.87. The number of nitrogens with two attached hydrogens (primary N) is 1. The van der Waals surface area contributed by atoms with Crippen molar-refractivity contribution in [2.24, 2.45) is 5.73 Å². The summed E-state index contributed by atoms with van der Waals surface area (Å²) in [6, 6.07) is 0. The molecule has 0 aromatic carbocycles. The Morgan fingerprint density at radius 1 is 1.69 bits per heavy atom. The van der Waals surface area contributed by atoms with Gasteiger partial charge in [-0.05, 0) is 13.8 Å². The lowest BCUT2D eigenvalue weighted by Crippen LogP contribution is -2.41. The van der Waals surface area contributed by atoms with E-state index in [0.29, 0.717) is 12.4 Å². The summed E-state index contributed by atoms with van der Waals surface area (Å²) < 4.78 is 0. The number of aromatic amines is 1. The van der Waals surface area contributed by atoms with Gasteiger partial charge < -0.3 is 16.0 Å².